The van der Waals surface area contributed by atoms with Crippen molar-refractivity contribution in [2.24, 2.45) is 20.7 Å². The van der Waals surface area contributed by atoms with Crippen molar-refractivity contribution in [2.45, 2.75) is 30.6 Å². The van der Waals surface area contributed by atoms with Gasteiger partial charge in [-0.15, -0.1) is 0 Å². The summed E-state index contributed by atoms with van der Waals surface area (Å²) in [7, 11) is 0. The highest BCUT2D eigenvalue weighted by atomic mass is 19.1. The van der Waals surface area contributed by atoms with E-state index in [0.717, 1.165) is 0 Å². The number of hydrogen-bond donors (Lipinski definition) is 3. The predicted molar refractivity (Wildman–Crippen MR) is 64.8 cm³/mol. The first kappa shape index (κ1) is 13.1. The van der Waals surface area contributed by atoms with Crippen LogP contribution in [-0.4, -0.2) is 76.4 Å². The fourth-order valence-electron chi connectivity index (χ4n) is 2.29. The topological polar surface area (TPSA) is 133 Å². The summed E-state index contributed by atoms with van der Waals surface area (Å²) in [5.74, 6) is -0.746. The molecule has 1 saturated heterocycles. The molecule has 1 fully saturated rings. The van der Waals surface area contributed by atoms with Crippen molar-refractivity contribution >= 4 is 24.0 Å². The molecular formula is C10H12FN5O4. The molecule has 108 valence electrons. The Hall–Kier alpha value is -1.91. The van der Waals surface area contributed by atoms with E-state index in [1.807, 2.05) is 0 Å². The number of rotatable bonds is 2. The zero-order chi connectivity index (χ0) is 14.4. The molecule has 0 saturated carbocycles. The molecular weight excluding hydrogens is 273 g/mol. The molecule has 5 atom stereocenters. The molecule has 2 unspecified atom stereocenters. The van der Waals surface area contributed by atoms with E-state index in [1.54, 1.807) is 0 Å². The lowest BCUT2D eigenvalue weighted by molar-refractivity contribution is -0.117. The summed E-state index contributed by atoms with van der Waals surface area (Å²) < 4.78 is 19.3. The number of amidine groups is 1. The third-order valence-corrected chi connectivity index (χ3v) is 3.28. The summed E-state index contributed by atoms with van der Waals surface area (Å²) in [6.07, 6.45) is -4.33. The first-order valence-corrected chi connectivity index (χ1v) is 5.89. The molecule has 20 heavy (non-hydrogen) atoms. The molecule has 0 aliphatic carbocycles. The Morgan fingerprint density at radius 3 is 2.90 bits per heavy atom. The summed E-state index contributed by atoms with van der Waals surface area (Å²) in [5, 5.41) is 18.6. The van der Waals surface area contributed by atoms with E-state index in [1.165, 1.54) is 11.2 Å². The van der Waals surface area contributed by atoms with Crippen LogP contribution < -0.4 is 5.73 Å². The first-order valence-electron chi connectivity index (χ1n) is 5.89. The monoisotopic (exact) mass is 285 g/mol. The van der Waals surface area contributed by atoms with Crippen molar-refractivity contribution in [3.05, 3.63) is 0 Å². The van der Waals surface area contributed by atoms with Gasteiger partial charge in [-0.2, -0.15) is 9.98 Å². The number of amides is 1. The summed E-state index contributed by atoms with van der Waals surface area (Å²) in [6, 6.07) is -0.969. The number of aliphatic hydroxyl groups is 2. The number of hydrogen-bond acceptors (Lipinski definition) is 8. The fraction of sp³-hybridized carbons (Fsp3) is 0.600. The van der Waals surface area contributed by atoms with Crippen LogP contribution in [0.25, 0.3) is 0 Å². The number of carbonyl (C=O) groups is 1. The summed E-state index contributed by atoms with van der Waals surface area (Å²) in [4.78, 5) is 24.0. The molecule has 10 heteroatoms. The van der Waals surface area contributed by atoms with Crippen LogP contribution in [-0.2, 0) is 9.53 Å². The van der Waals surface area contributed by atoms with Gasteiger partial charge in [0.25, 0.3) is 5.91 Å². The van der Waals surface area contributed by atoms with Gasteiger partial charge < -0.3 is 20.7 Å². The van der Waals surface area contributed by atoms with Crippen LogP contribution >= 0.6 is 0 Å². The maximum Gasteiger partial charge on any atom is 0.281 e. The van der Waals surface area contributed by atoms with Crippen molar-refractivity contribution in [2.75, 3.05) is 6.61 Å². The molecule has 0 aromatic heterocycles. The predicted octanol–water partition coefficient (Wildman–Crippen LogP) is -2.63. The van der Waals surface area contributed by atoms with E-state index in [2.05, 4.69) is 15.0 Å². The van der Waals surface area contributed by atoms with E-state index < -0.39 is 43.2 Å². The van der Waals surface area contributed by atoms with Gasteiger partial charge in [0.05, 0.1) is 12.9 Å². The summed E-state index contributed by atoms with van der Waals surface area (Å²) in [6.45, 7) is -0.526. The number of carbonyl (C=O) groups excluding carboxylic acids is 1. The Bertz CT molecular complexity index is 536. The Kier molecular flexibility index (Phi) is 3.00. The van der Waals surface area contributed by atoms with Gasteiger partial charge in [-0.3, -0.25) is 14.7 Å². The Labute approximate surface area is 112 Å². The van der Waals surface area contributed by atoms with Gasteiger partial charge in [0.2, 0.25) is 5.96 Å². The van der Waals surface area contributed by atoms with Gasteiger partial charge in [-0.05, 0) is 0 Å². The lowest BCUT2D eigenvalue weighted by atomic mass is 10.1. The fourth-order valence-corrected chi connectivity index (χ4v) is 2.29. The number of aliphatic imine (C=N–C) groups is 3. The average molecular weight is 285 g/mol. The van der Waals surface area contributed by atoms with Crippen LogP contribution in [0.1, 0.15) is 0 Å². The van der Waals surface area contributed by atoms with Crippen molar-refractivity contribution < 1.29 is 24.1 Å². The van der Waals surface area contributed by atoms with E-state index in [-0.39, 0.29) is 11.8 Å². The SMILES string of the molecule is NC1=NC(=O)C2N=CN(C3O[C@H](CO)[C@@H](O)[C@@H]3F)C2=N1. The van der Waals surface area contributed by atoms with Gasteiger partial charge in [0, 0.05) is 0 Å². The highest BCUT2D eigenvalue weighted by Crippen LogP contribution is 2.29. The highest BCUT2D eigenvalue weighted by molar-refractivity contribution is 6.21. The lowest BCUT2D eigenvalue weighted by Gasteiger charge is -2.26. The number of nitrogens with two attached hydrogens (primary N) is 1. The van der Waals surface area contributed by atoms with Gasteiger partial charge in [-0.1, -0.05) is 0 Å². The number of nitrogens with zero attached hydrogens (tertiary/aromatic N) is 4. The van der Waals surface area contributed by atoms with Crippen LogP contribution in [0.15, 0.2) is 15.0 Å². The molecule has 4 N–H and O–H groups in total. The quantitative estimate of drug-likeness (QED) is 0.508. The highest BCUT2D eigenvalue weighted by Gasteiger charge is 2.50. The lowest BCUT2D eigenvalue weighted by Crippen LogP contribution is -2.48. The molecule has 9 nitrogen and oxygen atoms in total. The molecule has 3 aliphatic rings. The minimum Gasteiger partial charge on any atom is -0.394 e. The summed E-state index contributed by atoms with van der Waals surface area (Å²) in [5.41, 5.74) is 5.39. The third-order valence-electron chi connectivity index (χ3n) is 3.28. The maximum atomic E-state index is 14.0. The molecule has 0 radical (unpaired) electrons. The molecule has 0 aromatic carbocycles. The van der Waals surface area contributed by atoms with Gasteiger partial charge in [0.1, 0.15) is 12.2 Å². The zero-order valence-electron chi connectivity index (χ0n) is 10.1. The second-order valence-corrected chi connectivity index (χ2v) is 4.54. The van der Waals surface area contributed by atoms with Crippen molar-refractivity contribution in [3.8, 4) is 0 Å². The molecule has 3 heterocycles. The second-order valence-electron chi connectivity index (χ2n) is 4.54. The molecule has 3 rings (SSSR count). The van der Waals surface area contributed by atoms with Crippen molar-refractivity contribution in [1.29, 1.82) is 0 Å². The molecule has 0 bridgehead atoms. The number of alkyl halides is 1. The number of fused-ring (bicyclic) bond motifs is 1. The Balaban J connectivity index is 1.87. The van der Waals surface area contributed by atoms with E-state index >= 15 is 0 Å². The van der Waals surface area contributed by atoms with E-state index in [0.29, 0.717) is 0 Å². The smallest absolute Gasteiger partial charge is 0.281 e. The average Bonchev–Trinajstić information content (AvgIpc) is 2.93. The van der Waals surface area contributed by atoms with Crippen molar-refractivity contribution in [3.63, 3.8) is 0 Å². The van der Waals surface area contributed by atoms with Gasteiger partial charge in [0.15, 0.2) is 24.3 Å². The Morgan fingerprint density at radius 1 is 1.50 bits per heavy atom. The number of ether oxygens (including phenoxy) is 1. The van der Waals surface area contributed by atoms with Crippen LogP contribution in [0, 0.1) is 0 Å². The van der Waals surface area contributed by atoms with E-state index in [9.17, 15) is 14.3 Å². The number of halogens is 1. The minimum absolute atomic E-state index is 0.0981. The minimum atomic E-state index is -1.78. The van der Waals surface area contributed by atoms with Crippen LogP contribution in [0.3, 0.4) is 0 Å². The zero-order valence-corrected chi connectivity index (χ0v) is 10.1. The molecule has 0 aromatic rings. The van der Waals surface area contributed by atoms with Crippen LogP contribution in [0.2, 0.25) is 0 Å². The van der Waals surface area contributed by atoms with E-state index in [4.69, 9.17) is 15.6 Å². The van der Waals surface area contributed by atoms with Crippen LogP contribution in [0.5, 0.6) is 0 Å². The Morgan fingerprint density at radius 2 is 2.25 bits per heavy atom. The normalized spacial score (nSPS) is 39.9. The second kappa shape index (κ2) is 4.58. The third kappa shape index (κ3) is 1.80. The number of aliphatic hydroxyl groups excluding tert-OH is 2. The largest absolute Gasteiger partial charge is 0.394 e. The van der Waals surface area contributed by atoms with Crippen molar-refractivity contribution in [1.82, 2.24) is 4.90 Å². The van der Waals surface area contributed by atoms with Gasteiger partial charge >= 0.3 is 0 Å². The molecule has 3 aliphatic heterocycles. The molecule has 0 spiro atoms. The maximum absolute atomic E-state index is 14.0. The number of guanidine groups is 1. The molecule has 1 amide bonds. The van der Waals surface area contributed by atoms with Crippen LogP contribution in [0.4, 0.5) is 4.39 Å². The standard InChI is InChI=1S/C10H12FN5O4/c11-4-6(18)3(1-17)20-9(4)16-2-13-5-7(16)14-10(12)15-8(5)19/h2-6,9,17-18H,1H2,(H2,12,15,19)/t3-,4+,5?,6-,9?/m1/s1. The van der Waals surface area contributed by atoms with Gasteiger partial charge in [-0.25, -0.2) is 4.39 Å². The summed E-state index contributed by atoms with van der Waals surface area (Å²) >= 11 is 0. The first-order chi connectivity index (χ1) is 9.52.